The Morgan fingerprint density at radius 3 is 2.75 bits per heavy atom. The molecule has 0 spiro atoms. The molecule has 0 bridgehead atoms. The maximum Gasteiger partial charge on any atom is 0.296 e. The number of nitro groups is 1. The lowest BCUT2D eigenvalue weighted by molar-refractivity contribution is -0.384. The van der Waals surface area contributed by atoms with E-state index in [-0.39, 0.29) is 11.4 Å². The van der Waals surface area contributed by atoms with Crippen LogP contribution in [0.5, 0.6) is 5.75 Å². The third-order valence-corrected chi connectivity index (χ3v) is 2.03. The molecule has 0 saturated carbocycles. The van der Waals surface area contributed by atoms with Gasteiger partial charge in [-0.1, -0.05) is 12.2 Å². The van der Waals surface area contributed by atoms with Crippen molar-refractivity contribution in [1.82, 2.24) is 0 Å². The summed E-state index contributed by atoms with van der Waals surface area (Å²) in [7, 11) is 1.44. The van der Waals surface area contributed by atoms with Gasteiger partial charge in [0.25, 0.3) is 5.69 Å². The first-order valence-corrected chi connectivity index (χ1v) is 4.58. The number of nitro benzene ring substituents is 1. The number of ether oxygens (including phenoxy) is 1. The van der Waals surface area contributed by atoms with E-state index in [0.29, 0.717) is 17.9 Å². The Kier molecular flexibility index (Phi) is 3.84. The Labute approximate surface area is 92.6 Å². The highest BCUT2D eigenvalue weighted by molar-refractivity contribution is 5.75. The fourth-order valence-corrected chi connectivity index (χ4v) is 1.23. The second-order valence-corrected chi connectivity index (χ2v) is 3.04. The van der Waals surface area contributed by atoms with E-state index in [1.807, 2.05) is 0 Å². The Morgan fingerprint density at radius 2 is 2.25 bits per heavy atom. The van der Waals surface area contributed by atoms with E-state index in [1.54, 1.807) is 18.2 Å². The lowest BCUT2D eigenvalue weighted by Gasteiger charge is -2.05. The van der Waals surface area contributed by atoms with Crippen LogP contribution in [-0.4, -0.2) is 18.6 Å². The van der Waals surface area contributed by atoms with Crippen LogP contribution in [0.15, 0.2) is 18.2 Å². The standard InChI is InChI=1S/C10H13N3O3/c1-16-8-5-7(3-2-4-11)10(12)9(6-8)13(14)15/h2-3,5-6H,4,11-12H2,1H3. The number of methoxy groups -OCH3 is 1. The minimum absolute atomic E-state index is 0.107. The fraction of sp³-hybridized carbons (Fsp3) is 0.200. The molecule has 0 fully saturated rings. The van der Waals surface area contributed by atoms with E-state index in [0.717, 1.165) is 0 Å². The summed E-state index contributed by atoms with van der Waals surface area (Å²) in [6, 6.07) is 2.91. The van der Waals surface area contributed by atoms with E-state index in [9.17, 15) is 10.1 Å². The number of rotatable bonds is 4. The molecule has 0 amide bonds. The predicted octanol–water partition coefficient (Wildman–Crippen LogP) is 1.16. The van der Waals surface area contributed by atoms with Crippen molar-refractivity contribution in [2.45, 2.75) is 0 Å². The zero-order valence-corrected chi connectivity index (χ0v) is 8.84. The van der Waals surface area contributed by atoms with Gasteiger partial charge in [-0.2, -0.15) is 0 Å². The van der Waals surface area contributed by atoms with Crippen molar-refractivity contribution in [3.63, 3.8) is 0 Å². The van der Waals surface area contributed by atoms with E-state index < -0.39 is 4.92 Å². The van der Waals surface area contributed by atoms with Gasteiger partial charge in [0.15, 0.2) is 0 Å². The maximum absolute atomic E-state index is 10.7. The number of hydrogen-bond acceptors (Lipinski definition) is 5. The summed E-state index contributed by atoms with van der Waals surface area (Å²) in [6.45, 7) is 0.338. The Balaban J connectivity index is 3.31. The second kappa shape index (κ2) is 5.13. The molecule has 4 N–H and O–H groups in total. The molecule has 1 rings (SSSR count). The highest BCUT2D eigenvalue weighted by Gasteiger charge is 2.16. The fourth-order valence-electron chi connectivity index (χ4n) is 1.23. The SMILES string of the molecule is COc1cc(C=CCN)c(N)c([N+](=O)[O-])c1. The highest BCUT2D eigenvalue weighted by atomic mass is 16.6. The molecule has 0 saturated heterocycles. The van der Waals surface area contributed by atoms with Gasteiger partial charge in [0.1, 0.15) is 11.4 Å². The maximum atomic E-state index is 10.7. The van der Waals surface area contributed by atoms with Gasteiger partial charge in [-0.3, -0.25) is 10.1 Å². The van der Waals surface area contributed by atoms with Gasteiger partial charge in [-0.25, -0.2) is 0 Å². The first-order valence-electron chi connectivity index (χ1n) is 4.58. The van der Waals surface area contributed by atoms with Gasteiger partial charge >= 0.3 is 0 Å². The van der Waals surface area contributed by atoms with Crippen molar-refractivity contribution in [1.29, 1.82) is 0 Å². The molecule has 0 aliphatic rings. The number of benzene rings is 1. The van der Waals surface area contributed by atoms with Gasteiger partial charge in [-0.05, 0) is 6.07 Å². The molecule has 0 aromatic heterocycles. The van der Waals surface area contributed by atoms with Crippen LogP contribution in [0.1, 0.15) is 5.56 Å². The van der Waals surface area contributed by atoms with E-state index >= 15 is 0 Å². The molecule has 0 radical (unpaired) electrons. The van der Waals surface area contributed by atoms with Gasteiger partial charge in [0.05, 0.1) is 18.1 Å². The van der Waals surface area contributed by atoms with Crippen LogP contribution in [-0.2, 0) is 0 Å². The predicted molar refractivity (Wildman–Crippen MR) is 62.1 cm³/mol. The quantitative estimate of drug-likeness (QED) is 0.452. The van der Waals surface area contributed by atoms with Crippen molar-refractivity contribution in [3.05, 3.63) is 33.9 Å². The zero-order chi connectivity index (χ0) is 12.1. The molecular formula is C10H13N3O3. The Bertz CT molecular complexity index is 430. The molecular weight excluding hydrogens is 210 g/mol. The van der Waals surface area contributed by atoms with E-state index in [4.69, 9.17) is 16.2 Å². The molecule has 86 valence electrons. The lowest BCUT2D eigenvalue weighted by Crippen LogP contribution is -2.00. The second-order valence-electron chi connectivity index (χ2n) is 3.04. The normalized spacial score (nSPS) is 10.6. The van der Waals surface area contributed by atoms with Crippen LogP contribution in [0.25, 0.3) is 6.08 Å². The Hall–Kier alpha value is -2.08. The zero-order valence-electron chi connectivity index (χ0n) is 8.84. The van der Waals surface area contributed by atoms with Crippen LogP contribution in [0.3, 0.4) is 0 Å². The molecule has 0 unspecified atom stereocenters. The topological polar surface area (TPSA) is 104 Å². The van der Waals surface area contributed by atoms with Crippen molar-refractivity contribution >= 4 is 17.5 Å². The molecule has 6 heteroatoms. The minimum Gasteiger partial charge on any atom is -0.496 e. The molecule has 1 aromatic rings. The number of nitrogens with two attached hydrogens (primary N) is 2. The summed E-state index contributed by atoms with van der Waals surface area (Å²) >= 11 is 0. The monoisotopic (exact) mass is 223 g/mol. The summed E-state index contributed by atoms with van der Waals surface area (Å²) in [5.41, 5.74) is 11.4. The third kappa shape index (κ3) is 2.48. The average Bonchev–Trinajstić information content (AvgIpc) is 2.27. The van der Waals surface area contributed by atoms with Crippen molar-refractivity contribution in [2.24, 2.45) is 5.73 Å². The van der Waals surface area contributed by atoms with Crippen molar-refractivity contribution in [3.8, 4) is 5.75 Å². The van der Waals surface area contributed by atoms with Crippen LogP contribution >= 0.6 is 0 Å². The van der Waals surface area contributed by atoms with Gasteiger partial charge in [-0.15, -0.1) is 0 Å². The summed E-state index contributed by atoms with van der Waals surface area (Å²) in [6.07, 6.45) is 3.29. The van der Waals surface area contributed by atoms with Crippen molar-refractivity contribution < 1.29 is 9.66 Å². The summed E-state index contributed by atoms with van der Waals surface area (Å²) in [5, 5.41) is 10.7. The largest absolute Gasteiger partial charge is 0.496 e. The highest BCUT2D eigenvalue weighted by Crippen LogP contribution is 2.31. The minimum atomic E-state index is -0.544. The smallest absolute Gasteiger partial charge is 0.296 e. The number of anilines is 1. The molecule has 6 nitrogen and oxygen atoms in total. The van der Waals surface area contributed by atoms with Gasteiger partial charge < -0.3 is 16.2 Å². The molecule has 1 aromatic carbocycles. The third-order valence-electron chi connectivity index (χ3n) is 2.03. The van der Waals surface area contributed by atoms with Gasteiger partial charge in [0, 0.05) is 12.1 Å². The molecule has 16 heavy (non-hydrogen) atoms. The van der Waals surface area contributed by atoms with Crippen LogP contribution in [0.2, 0.25) is 0 Å². The van der Waals surface area contributed by atoms with E-state index in [1.165, 1.54) is 13.2 Å². The van der Waals surface area contributed by atoms with E-state index in [2.05, 4.69) is 0 Å². The first-order chi connectivity index (χ1) is 7.60. The Morgan fingerprint density at radius 1 is 1.56 bits per heavy atom. The summed E-state index contributed by atoms with van der Waals surface area (Å²) < 4.78 is 4.96. The van der Waals surface area contributed by atoms with Crippen LogP contribution in [0, 0.1) is 10.1 Å². The number of nitrogens with zero attached hydrogens (tertiary/aromatic N) is 1. The molecule has 0 heterocycles. The number of hydrogen-bond donors (Lipinski definition) is 2. The molecule has 0 aliphatic carbocycles. The molecule has 0 aliphatic heterocycles. The average molecular weight is 223 g/mol. The number of nitrogen functional groups attached to an aromatic ring is 1. The van der Waals surface area contributed by atoms with Gasteiger partial charge in [0.2, 0.25) is 0 Å². The summed E-state index contributed by atoms with van der Waals surface area (Å²) in [5.74, 6) is 0.387. The van der Waals surface area contributed by atoms with Crippen molar-refractivity contribution in [2.75, 3.05) is 19.4 Å². The summed E-state index contributed by atoms with van der Waals surface area (Å²) in [4.78, 5) is 10.2. The molecule has 0 atom stereocenters. The lowest BCUT2D eigenvalue weighted by atomic mass is 10.1. The first kappa shape index (κ1) is 12.0. The van der Waals surface area contributed by atoms with Crippen LogP contribution < -0.4 is 16.2 Å². The van der Waals surface area contributed by atoms with Crippen LogP contribution in [0.4, 0.5) is 11.4 Å².